The molecule has 0 aromatic carbocycles. The van der Waals surface area contributed by atoms with Crippen LogP contribution in [0.5, 0.6) is 0 Å². The van der Waals surface area contributed by atoms with E-state index in [2.05, 4.69) is 4.89 Å². The highest BCUT2D eigenvalue weighted by molar-refractivity contribution is 5.72. The van der Waals surface area contributed by atoms with Crippen LogP contribution in [-0.4, -0.2) is 47.2 Å². The summed E-state index contributed by atoms with van der Waals surface area (Å²) in [5, 5.41) is 25.8. The minimum atomic E-state index is -0.861. The zero-order chi connectivity index (χ0) is 13.3. The van der Waals surface area contributed by atoms with Gasteiger partial charge < -0.3 is 19.8 Å². The van der Waals surface area contributed by atoms with Crippen molar-refractivity contribution in [3.63, 3.8) is 0 Å². The van der Waals surface area contributed by atoms with Gasteiger partial charge in [0.2, 0.25) is 0 Å². The summed E-state index contributed by atoms with van der Waals surface area (Å²) in [5.74, 6) is -1.35. The average Bonchev–Trinajstić information content (AvgIpc) is 2.35. The molecule has 0 aliphatic heterocycles. The fraction of sp³-hybridized carbons (Fsp3) is 0.800. The highest BCUT2D eigenvalue weighted by Crippen LogP contribution is 2.15. The molecule has 0 amide bonds. The van der Waals surface area contributed by atoms with Crippen LogP contribution in [0, 0.1) is 5.41 Å². The van der Waals surface area contributed by atoms with Gasteiger partial charge in [0.1, 0.15) is 6.61 Å². The third kappa shape index (κ3) is 6.88. The van der Waals surface area contributed by atoms with Crippen molar-refractivity contribution in [3.05, 3.63) is 0 Å². The van der Waals surface area contributed by atoms with Crippen LogP contribution in [0.2, 0.25) is 0 Å². The van der Waals surface area contributed by atoms with Crippen molar-refractivity contribution in [2.24, 2.45) is 5.41 Å². The van der Waals surface area contributed by atoms with Crippen LogP contribution >= 0.6 is 0 Å². The van der Waals surface area contributed by atoms with Crippen LogP contribution in [0.3, 0.4) is 0 Å². The summed E-state index contributed by atoms with van der Waals surface area (Å²) in [5.41, 5.74) is -0.861. The summed E-state index contributed by atoms with van der Waals surface area (Å²) in [7, 11) is 0. The number of rotatable bonds is 8. The quantitative estimate of drug-likeness (QED) is 0.308. The van der Waals surface area contributed by atoms with Gasteiger partial charge in [-0.1, -0.05) is 6.92 Å². The molecule has 0 bridgehead atoms. The molecule has 17 heavy (non-hydrogen) atoms. The van der Waals surface area contributed by atoms with Gasteiger partial charge in [0, 0.05) is 18.3 Å². The molecule has 7 heteroatoms. The fourth-order valence-corrected chi connectivity index (χ4v) is 0.891. The van der Waals surface area contributed by atoms with Crippen LogP contribution < -0.4 is 0 Å². The van der Waals surface area contributed by atoms with E-state index in [0.29, 0.717) is 0 Å². The minimum absolute atomic E-state index is 0.00202. The third-order valence-corrected chi connectivity index (χ3v) is 2.21. The topological polar surface area (TPSA) is 113 Å². The van der Waals surface area contributed by atoms with Gasteiger partial charge in [-0.25, -0.2) is 4.79 Å². The zero-order valence-electron chi connectivity index (χ0n) is 9.72. The maximum absolute atomic E-state index is 11.2. The lowest BCUT2D eigenvalue weighted by atomic mass is 9.94. The van der Waals surface area contributed by atoms with E-state index in [1.54, 1.807) is 6.92 Å². The average molecular weight is 250 g/mol. The molecular formula is C10H18O7. The van der Waals surface area contributed by atoms with Gasteiger partial charge in [-0.05, 0) is 6.42 Å². The zero-order valence-corrected chi connectivity index (χ0v) is 9.72. The van der Waals surface area contributed by atoms with Crippen molar-refractivity contribution >= 4 is 11.9 Å². The molecular weight excluding hydrogens is 232 g/mol. The summed E-state index contributed by atoms with van der Waals surface area (Å²) in [6.07, 6.45) is 0.123. The molecule has 0 fully saturated rings. The summed E-state index contributed by atoms with van der Waals surface area (Å²) in [6, 6.07) is 0. The molecule has 0 atom stereocenters. The molecule has 0 saturated heterocycles. The number of carbonyl (C=O) groups excluding carboxylic acids is 2. The Bertz CT molecular complexity index is 247. The van der Waals surface area contributed by atoms with E-state index in [9.17, 15) is 9.59 Å². The number of aliphatic hydroxyl groups is 2. The molecule has 0 rings (SSSR count). The second-order valence-electron chi connectivity index (χ2n) is 4.10. The molecule has 100 valence electrons. The van der Waals surface area contributed by atoms with E-state index < -0.39 is 17.4 Å². The molecule has 0 radical (unpaired) electrons. The first-order valence-corrected chi connectivity index (χ1v) is 5.19. The van der Waals surface area contributed by atoms with Crippen molar-refractivity contribution in [2.75, 3.05) is 19.8 Å². The first kappa shape index (κ1) is 15.8. The Balaban J connectivity index is 3.76. The van der Waals surface area contributed by atoms with Crippen molar-refractivity contribution in [3.8, 4) is 0 Å². The largest absolute Gasteiger partial charge is 0.465 e. The lowest BCUT2D eigenvalue weighted by molar-refractivity contribution is -0.234. The molecule has 0 heterocycles. The third-order valence-electron chi connectivity index (χ3n) is 2.21. The van der Waals surface area contributed by atoms with Gasteiger partial charge in [-0.15, -0.1) is 0 Å². The Kier molecular flexibility index (Phi) is 7.44. The molecule has 7 nitrogen and oxygen atoms in total. The molecule has 0 aliphatic rings. The summed E-state index contributed by atoms with van der Waals surface area (Å²) >= 11 is 0. The van der Waals surface area contributed by atoms with E-state index in [1.807, 2.05) is 0 Å². The smallest absolute Gasteiger partial charge is 0.342 e. The molecule has 0 saturated carbocycles. The van der Waals surface area contributed by atoms with Crippen LogP contribution in [-0.2, 0) is 19.2 Å². The second-order valence-corrected chi connectivity index (χ2v) is 4.10. The van der Waals surface area contributed by atoms with Crippen molar-refractivity contribution in [1.29, 1.82) is 0 Å². The maximum Gasteiger partial charge on any atom is 0.342 e. The Hall–Kier alpha value is -1.18. The number of hydrogen-bond acceptors (Lipinski definition) is 7. The highest BCUT2D eigenvalue weighted by Gasteiger charge is 2.24. The first-order valence-electron chi connectivity index (χ1n) is 5.19. The van der Waals surface area contributed by atoms with E-state index in [1.165, 1.54) is 0 Å². The fourth-order valence-electron chi connectivity index (χ4n) is 0.891. The second kappa shape index (κ2) is 7.99. The van der Waals surface area contributed by atoms with Gasteiger partial charge in [-0.2, -0.15) is 5.26 Å². The van der Waals surface area contributed by atoms with Gasteiger partial charge in [0.15, 0.2) is 0 Å². The summed E-state index contributed by atoms with van der Waals surface area (Å²) < 4.78 is 4.83. The molecule has 3 N–H and O–H groups in total. The van der Waals surface area contributed by atoms with Crippen molar-refractivity contribution < 1.29 is 34.7 Å². The predicted octanol–water partition coefficient (Wildman–Crippen LogP) is -0.293. The Morgan fingerprint density at radius 1 is 1.12 bits per heavy atom. The van der Waals surface area contributed by atoms with Crippen LogP contribution in [0.4, 0.5) is 0 Å². The van der Waals surface area contributed by atoms with Crippen molar-refractivity contribution in [2.45, 2.75) is 26.2 Å². The van der Waals surface area contributed by atoms with E-state index in [0.717, 1.165) is 0 Å². The van der Waals surface area contributed by atoms with Gasteiger partial charge in [-0.3, -0.25) is 4.79 Å². The van der Waals surface area contributed by atoms with Gasteiger partial charge >= 0.3 is 11.9 Å². The van der Waals surface area contributed by atoms with Crippen LogP contribution in [0.25, 0.3) is 0 Å². The number of esters is 1. The standard InChI is InChI=1S/C10H18O7/c1-10(5-11,6-12)7-16-8(13)3-2-4-9(14)17-15/h11-12,15H,2-7H2,1H3. The first-order chi connectivity index (χ1) is 7.97. The Labute approximate surface area is 98.9 Å². The maximum atomic E-state index is 11.2. The van der Waals surface area contributed by atoms with E-state index in [-0.39, 0.29) is 39.1 Å². The number of ether oxygens (including phenoxy) is 1. The molecule has 0 unspecified atom stereocenters. The van der Waals surface area contributed by atoms with Crippen LogP contribution in [0.1, 0.15) is 26.2 Å². The highest BCUT2D eigenvalue weighted by atomic mass is 17.1. The van der Waals surface area contributed by atoms with E-state index in [4.69, 9.17) is 20.2 Å². The van der Waals surface area contributed by atoms with E-state index >= 15 is 0 Å². The minimum Gasteiger partial charge on any atom is -0.465 e. The lowest BCUT2D eigenvalue weighted by Gasteiger charge is -2.23. The van der Waals surface area contributed by atoms with Crippen molar-refractivity contribution in [1.82, 2.24) is 0 Å². The molecule has 0 aromatic heterocycles. The number of hydrogen-bond donors (Lipinski definition) is 3. The number of aliphatic hydroxyl groups excluding tert-OH is 2. The molecule has 0 aliphatic carbocycles. The van der Waals surface area contributed by atoms with Gasteiger partial charge in [0.05, 0.1) is 13.2 Å². The monoisotopic (exact) mass is 250 g/mol. The Morgan fingerprint density at radius 2 is 1.65 bits per heavy atom. The van der Waals surface area contributed by atoms with Crippen LogP contribution in [0.15, 0.2) is 0 Å². The lowest BCUT2D eigenvalue weighted by Crippen LogP contribution is -2.32. The molecule has 0 spiro atoms. The summed E-state index contributed by atoms with van der Waals surface area (Å²) in [4.78, 5) is 25.1. The SMILES string of the molecule is CC(CO)(CO)COC(=O)CCCC(=O)OO. The predicted molar refractivity (Wildman–Crippen MR) is 55.8 cm³/mol. The summed E-state index contributed by atoms with van der Waals surface area (Å²) in [6.45, 7) is 0.883. The van der Waals surface area contributed by atoms with Gasteiger partial charge in [0.25, 0.3) is 0 Å². The normalized spacial score (nSPS) is 11.1. The Morgan fingerprint density at radius 3 is 2.12 bits per heavy atom. The number of carbonyl (C=O) groups is 2. The molecule has 0 aromatic rings.